The van der Waals surface area contributed by atoms with Gasteiger partial charge in [-0.1, -0.05) is 6.07 Å². The fourth-order valence-corrected chi connectivity index (χ4v) is 3.87. The Morgan fingerprint density at radius 2 is 1.88 bits per heavy atom. The first-order chi connectivity index (χ1) is 12.3. The highest BCUT2D eigenvalue weighted by atomic mass is 32.2. The predicted octanol–water partition coefficient (Wildman–Crippen LogP) is 3.96. The molecule has 0 aliphatic carbocycles. The third-order valence-corrected chi connectivity index (χ3v) is 5.62. The lowest BCUT2D eigenvalue weighted by atomic mass is 10.2. The predicted molar refractivity (Wildman–Crippen MR) is 101 cm³/mol. The Hall–Kier alpha value is -2.41. The molecule has 1 aliphatic rings. The summed E-state index contributed by atoms with van der Waals surface area (Å²) in [5.74, 6) is -1.24. The molecule has 7 heteroatoms. The molecule has 26 heavy (non-hydrogen) atoms. The van der Waals surface area contributed by atoms with E-state index >= 15 is 0 Å². The number of halogens is 2. The normalized spacial score (nSPS) is 17.8. The fraction of sp³-hybridized carbons (Fsp3) is 0.263. The quantitative estimate of drug-likeness (QED) is 0.762. The van der Waals surface area contributed by atoms with Gasteiger partial charge in [0.25, 0.3) is 5.91 Å². The minimum atomic E-state index is -0.565. The molecule has 0 saturated carbocycles. The largest absolute Gasteiger partial charge is 0.344 e. The van der Waals surface area contributed by atoms with Gasteiger partial charge in [0.15, 0.2) is 5.17 Å². The van der Waals surface area contributed by atoms with Gasteiger partial charge in [-0.25, -0.2) is 8.78 Å². The van der Waals surface area contributed by atoms with E-state index in [0.29, 0.717) is 10.1 Å². The molecule has 3 rings (SSSR count). The van der Waals surface area contributed by atoms with Gasteiger partial charge in [0.2, 0.25) is 0 Å². The summed E-state index contributed by atoms with van der Waals surface area (Å²) in [5.41, 5.74) is 2.58. The van der Waals surface area contributed by atoms with Crippen molar-refractivity contribution in [1.29, 1.82) is 0 Å². The first kappa shape index (κ1) is 18.4. The van der Waals surface area contributed by atoms with Crippen molar-refractivity contribution >= 4 is 28.9 Å². The maximum absolute atomic E-state index is 14.0. The maximum atomic E-state index is 14.0. The molecule has 136 valence electrons. The van der Waals surface area contributed by atoms with Crippen molar-refractivity contribution in [1.82, 2.24) is 9.47 Å². The van der Waals surface area contributed by atoms with Gasteiger partial charge in [0.05, 0.1) is 11.4 Å². The highest BCUT2D eigenvalue weighted by molar-refractivity contribution is 8.18. The summed E-state index contributed by atoms with van der Waals surface area (Å²) in [6.07, 6.45) is 1.80. The number of carbonyl (C=O) groups excluding carboxylic acids is 1. The lowest BCUT2D eigenvalue weighted by Crippen LogP contribution is -2.23. The highest BCUT2D eigenvalue weighted by Gasteiger charge is 2.30. The van der Waals surface area contributed by atoms with Crippen LogP contribution in [0.3, 0.4) is 0 Å². The van der Waals surface area contributed by atoms with Crippen molar-refractivity contribution in [2.75, 3.05) is 14.1 Å². The molecule has 2 heterocycles. The molecule has 0 bridgehead atoms. The van der Waals surface area contributed by atoms with Gasteiger partial charge >= 0.3 is 0 Å². The van der Waals surface area contributed by atoms with Crippen molar-refractivity contribution in [3.05, 3.63) is 63.3 Å². The number of benzene rings is 1. The van der Waals surface area contributed by atoms with E-state index in [0.717, 1.165) is 17.0 Å². The molecule has 1 aromatic heterocycles. The number of rotatable bonds is 3. The SMILES string of the molecule is CN=C1S/C(=C\c2cc(C)n(Cc3c(F)cccc3F)c2C)C(=O)N1C. The van der Waals surface area contributed by atoms with Crippen molar-refractivity contribution in [3.63, 3.8) is 0 Å². The summed E-state index contributed by atoms with van der Waals surface area (Å²) < 4.78 is 29.8. The minimum absolute atomic E-state index is 0.0277. The molecule has 0 N–H and O–H groups in total. The number of thioether (sulfide) groups is 1. The van der Waals surface area contributed by atoms with Crippen LogP contribution in [-0.2, 0) is 11.3 Å². The Morgan fingerprint density at radius 1 is 1.23 bits per heavy atom. The first-order valence-electron chi connectivity index (χ1n) is 8.07. The molecular formula is C19H19F2N3OS. The number of amidine groups is 1. The number of nitrogens with zero attached hydrogens (tertiary/aromatic N) is 3. The second-order valence-corrected chi connectivity index (χ2v) is 7.10. The third-order valence-electron chi connectivity index (χ3n) is 4.47. The number of likely N-dealkylation sites (N-methyl/N-ethyl adjacent to an activating group) is 1. The highest BCUT2D eigenvalue weighted by Crippen LogP contribution is 2.32. The van der Waals surface area contributed by atoms with Gasteiger partial charge in [-0.05, 0) is 55.4 Å². The molecule has 1 saturated heterocycles. The van der Waals surface area contributed by atoms with Crippen molar-refractivity contribution in [2.45, 2.75) is 20.4 Å². The summed E-state index contributed by atoms with van der Waals surface area (Å²) >= 11 is 1.31. The minimum Gasteiger partial charge on any atom is -0.344 e. The average molecular weight is 375 g/mol. The molecule has 0 spiro atoms. The molecule has 1 aliphatic heterocycles. The van der Waals surface area contributed by atoms with Crippen LogP contribution in [0, 0.1) is 25.5 Å². The summed E-state index contributed by atoms with van der Waals surface area (Å²) in [6, 6.07) is 5.77. The van der Waals surface area contributed by atoms with Gasteiger partial charge in [-0.3, -0.25) is 14.7 Å². The monoisotopic (exact) mass is 375 g/mol. The van der Waals surface area contributed by atoms with Gasteiger partial charge in [0, 0.05) is 31.0 Å². The van der Waals surface area contributed by atoms with Crippen molar-refractivity contribution in [2.24, 2.45) is 4.99 Å². The van der Waals surface area contributed by atoms with Crippen LogP contribution >= 0.6 is 11.8 Å². The topological polar surface area (TPSA) is 37.6 Å². The van der Waals surface area contributed by atoms with Gasteiger partial charge in [-0.2, -0.15) is 0 Å². The first-order valence-corrected chi connectivity index (χ1v) is 8.89. The number of hydrogen-bond acceptors (Lipinski definition) is 3. The molecule has 0 atom stereocenters. The average Bonchev–Trinajstić information content (AvgIpc) is 3.02. The lowest BCUT2D eigenvalue weighted by molar-refractivity contribution is -0.121. The Labute approximate surface area is 155 Å². The zero-order valence-electron chi connectivity index (χ0n) is 15.0. The molecule has 1 fully saturated rings. The van der Waals surface area contributed by atoms with Crippen LogP contribution in [0.2, 0.25) is 0 Å². The molecule has 1 aromatic carbocycles. The van der Waals surface area contributed by atoms with E-state index in [1.54, 1.807) is 20.2 Å². The van der Waals surface area contributed by atoms with E-state index in [2.05, 4.69) is 4.99 Å². The molecule has 2 aromatic rings. The summed E-state index contributed by atoms with van der Waals surface area (Å²) in [4.78, 5) is 18.5. The fourth-order valence-electron chi connectivity index (χ4n) is 2.95. The van der Waals surface area contributed by atoms with E-state index < -0.39 is 11.6 Å². The van der Waals surface area contributed by atoms with E-state index in [1.165, 1.54) is 34.9 Å². The molecule has 4 nitrogen and oxygen atoms in total. The number of aliphatic imine (C=N–C) groups is 1. The summed E-state index contributed by atoms with van der Waals surface area (Å²) in [6.45, 7) is 3.85. The smallest absolute Gasteiger partial charge is 0.266 e. The molecule has 1 amide bonds. The van der Waals surface area contributed by atoms with E-state index in [4.69, 9.17) is 0 Å². The van der Waals surface area contributed by atoms with E-state index in [9.17, 15) is 13.6 Å². The Morgan fingerprint density at radius 3 is 2.46 bits per heavy atom. The maximum Gasteiger partial charge on any atom is 0.266 e. The van der Waals surface area contributed by atoms with Crippen LogP contribution in [0.25, 0.3) is 6.08 Å². The number of aryl methyl sites for hydroxylation is 1. The number of amides is 1. The standard InChI is InChI=1S/C19H19F2N3OS/c1-11-8-13(9-17-18(25)23(4)19(22-3)26-17)12(2)24(11)10-14-15(20)6-5-7-16(14)21/h5-9H,10H2,1-4H3/b17-9-,22-19?. The number of carbonyl (C=O) groups is 1. The van der Waals surface area contributed by atoms with E-state index in [-0.39, 0.29) is 18.0 Å². The molecule has 0 unspecified atom stereocenters. The Balaban J connectivity index is 1.97. The zero-order valence-corrected chi connectivity index (χ0v) is 15.8. The van der Waals surface area contributed by atoms with Crippen molar-refractivity contribution in [3.8, 4) is 0 Å². The summed E-state index contributed by atoms with van der Waals surface area (Å²) in [7, 11) is 3.33. The number of hydrogen-bond donors (Lipinski definition) is 0. The second kappa shape index (κ2) is 7.07. The van der Waals surface area contributed by atoms with Crippen molar-refractivity contribution < 1.29 is 13.6 Å². The van der Waals surface area contributed by atoms with Gasteiger partial charge in [0.1, 0.15) is 11.6 Å². The van der Waals surface area contributed by atoms with E-state index in [1.807, 2.05) is 24.5 Å². The Kier molecular flexibility index (Phi) is 5.00. The van der Waals surface area contributed by atoms with Crippen LogP contribution in [0.5, 0.6) is 0 Å². The molecular weight excluding hydrogens is 356 g/mol. The number of aromatic nitrogens is 1. The second-order valence-electron chi connectivity index (χ2n) is 6.09. The third kappa shape index (κ3) is 3.19. The van der Waals surface area contributed by atoms with Crippen LogP contribution in [0.15, 0.2) is 34.2 Å². The van der Waals surface area contributed by atoms with Crippen LogP contribution < -0.4 is 0 Å². The van der Waals surface area contributed by atoms with Crippen LogP contribution in [0.1, 0.15) is 22.5 Å². The van der Waals surface area contributed by atoms with Gasteiger partial charge < -0.3 is 4.57 Å². The van der Waals surface area contributed by atoms with Crippen LogP contribution in [-0.4, -0.2) is 34.6 Å². The van der Waals surface area contributed by atoms with Crippen LogP contribution in [0.4, 0.5) is 8.78 Å². The molecule has 0 radical (unpaired) electrons. The van der Waals surface area contributed by atoms with Gasteiger partial charge in [-0.15, -0.1) is 0 Å². The zero-order chi connectivity index (χ0) is 19.0. The lowest BCUT2D eigenvalue weighted by Gasteiger charge is -2.11. The Bertz CT molecular complexity index is 926. The summed E-state index contributed by atoms with van der Waals surface area (Å²) in [5, 5.41) is 0.642.